The molecule has 2 N–H and O–H groups in total. The lowest BCUT2D eigenvalue weighted by Gasteiger charge is -2.08. The summed E-state index contributed by atoms with van der Waals surface area (Å²) in [6, 6.07) is 10.5. The molecule has 0 saturated carbocycles. The van der Waals surface area contributed by atoms with E-state index in [2.05, 4.69) is 0 Å². The molecule has 0 bridgehead atoms. The summed E-state index contributed by atoms with van der Waals surface area (Å²) in [6.45, 7) is 0. The third-order valence-corrected chi connectivity index (χ3v) is 4.00. The van der Waals surface area contributed by atoms with E-state index in [0.717, 1.165) is 4.90 Å². The Bertz CT molecular complexity index is 592. The second kappa shape index (κ2) is 6.17. The van der Waals surface area contributed by atoms with E-state index in [9.17, 15) is 4.39 Å². The second-order valence-electron chi connectivity index (χ2n) is 3.91. The number of benzene rings is 2. The molecule has 0 spiro atoms. The third kappa shape index (κ3) is 3.33. The first-order valence-electron chi connectivity index (χ1n) is 5.61. The van der Waals surface area contributed by atoms with Gasteiger partial charge in [-0.25, -0.2) is 4.39 Å². The molecule has 0 atom stereocenters. The molecule has 0 aliphatic heterocycles. The SMILES string of the molecule is COc1cccc(CSc2ccc(N)c(Cl)c2)c1F. The molecular weight excluding hydrogens is 285 g/mol. The number of nitrogens with two attached hydrogens (primary N) is 1. The van der Waals surface area contributed by atoms with E-state index in [1.54, 1.807) is 30.3 Å². The Labute approximate surface area is 120 Å². The van der Waals surface area contributed by atoms with Gasteiger partial charge in [-0.1, -0.05) is 23.7 Å². The van der Waals surface area contributed by atoms with Crippen molar-refractivity contribution in [3.63, 3.8) is 0 Å². The van der Waals surface area contributed by atoms with Crippen molar-refractivity contribution >= 4 is 29.1 Å². The van der Waals surface area contributed by atoms with E-state index >= 15 is 0 Å². The van der Waals surface area contributed by atoms with Crippen LogP contribution >= 0.6 is 23.4 Å². The highest BCUT2D eigenvalue weighted by Crippen LogP contribution is 2.30. The van der Waals surface area contributed by atoms with Crippen molar-refractivity contribution in [3.8, 4) is 5.75 Å². The van der Waals surface area contributed by atoms with Crippen LogP contribution in [0, 0.1) is 5.82 Å². The van der Waals surface area contributed by atoms with Gasteiger partial charge in [-0.3, -0.25) is 0 Å². The first kappa shape index (κ1) is 14.0. The number of ether oxygens (including phenoxy) is 1. The van der Waals surface area contributed by atoms with Crippen molar-refractivity contribution in [3.05, 3.63) is 52.8 Å². The average Bonchev–Trinajstić information content (AvgIpc) is 2.41. The minimum absolute atomic E-state index is 0.258. The van der Waals surface area contributed by atoms with Crippen molar-refractivity contribution in [1.82, 2.24) is 0 Å². The highest BCUT2D eigenvalue weighted by molar-refractivity contribution is 7.98. The smallest absolute Gasteiger partial charge is 0.169 e. The quantitative estimate of drug-likeness (QED) is 0.672. The normalized spacial score (nSPS) is 10.5. The topological polar surface area (TPSA) is 35.2 Å². The lowest BCUT2D eigenvalue weighted by atomic mass is 10.2. The van der Waals surface area contributed by atoms with Gasteiger partial charge >= 0.3 is 0 Å². The highest BCUT2D eigenvalue weighted by atomic mass is 35.5. The maximum Gasteiger partial charge on any atom is 0.169 e. The lowest BCUT2D eigenvalue weighted by Crippen LogP contribution is -1.93. The first-order chi connectivity index (χ1) is 9.11. The fraction of sp³-hybridized carbons (Fsp3) is 0.143. The summed E-state index contributed by atoms with van der Waals surface area (Å²) in [4.78, 5) is 0.946. The van der Waals surface area contributed by atoms with Gasteiger partial charge < -0.3 is 10.5 Å². The molecular formula is C14H13ClFNOS. The number of rotatable bonds is 4. The van der Waals surface area contributed by atoms with Crippen LogP contribution in [-0.2, 0) is 5.75 Å². The van der Waals surface area contributed by atoms with Crippen LogP contribution in [0.15, 0.2) is 41.3 Å². The van der Waals surface area contributed by atoms with E-state index in [4.69, 9.17) is 22.1 Å². The largest absolute Gasteiger partial charge is 0.494 e. The van der Waals surface area contributed by atoms with Crippen LogP contribution in [0.1, 0.15) is 5.56 Å². The predicted octanol–water partition coefficient (Wildman–Crippen LogP) is 4.36. The molecule has 2 aromatic carbocycles. The van der Waals surface area contributed by atoms with Gasteiger partial charge in [-0.05, 0) is 24.3 Å². The van der Waals surface area contributed by atoms with Crippen LogP contribution in [0.25, 0.3) is 0 Å². The van der Waals surface area contributed by atoms with Crippen LogP contribution in [0.3, 0.4) is 0 Å². The van der Waals surface area contributed by atoms with Crippen LogP contribution in [0.2, 0.25) is 5.02 Å². The van der Waals surface area contributed by atoms with Crippen LogP contribution in [0.4, 0.5) is 10.1 Å². The number of hydrogen-bond acceptors (Lipinski definition) is 3. The molecule has 0 amide bonds. The summed E-state index contributed by atoms with van der Waals surface area (Å²) in [5.41, 5.74) is 6.78. The Morgan fingerprint density at radius 3 is 2.79 bits per heavy atom. The molecule has 19 heavy (non-hydrogen) atoms. The van der Waals surface area contributed by atoms with Crippen LogP contribution in [0.5, 0.6) is 5.75 Å². The number of methoxy groups -OCH3 is 1. The Kier molecular flexibility index (Phi) is 4.56. The third-order valence-electron chi connectivity index (χ3n) is 2.63. The lowest BCUT2D eigenvalue weighted by molar-refractivity contribution is 0.385. The van der Waals surface area contributed by atoms with Crippen molar-refractivity contribution in [2.24, 2.45) is 0 Å². The molecule has 0 unspecified atom stereocenters. The van der Waals surface area contributed by atoms with E-state index in [0.29, 0.717) is 22.0 Å². The summed E-state index contributed by atoms with van der Waals surface area (Å²) < 4.78 is 18.9. The van der Waals surface area contributed by atoms with Crippen molar-refractivity contribution in [1.29, 1.82) is 0 Å². The van der Waals surface area contributed by atoms with Crippen molar-refractivity contribution in [2.75, 3.05) is 12.8 Å². The molecule has 0 radical (unpaired) electrons. The summed E-state index contributed by atoms with van der Waals surface area (Å²) in [5, 5.41) is 0.510. The zero-order valence-electron chi connectivity index (χ0n) is 10.3. The number of hydrogen-bond donors (Lipinski definition) is 1. The minimum Gasteiger partial charge on any atom is -0.494 e. The number of anilines is 1. The molecule has 2 nitrogen and oxygen atoms in total. The molecule has 0 fully saturated rings. The molecule has 2 rings (SSSR count). The Morgan fingerprint density at radius 1 is 1.32 bits per heavy atom. The maximum atomic E-state index is 13.9. The number of nitrogen functional groups attached to an aromatic ring is 1. The molecule has 0 aromatic heterocycles. The minimum atomic E-state index is -0.320. The van der Waals surface area contributed by atoms with Gasteiger partial charge in [0, 0.05) is 16.2 Å². The zero-order valence-corrected chi connectivity index (χ0v) is 11.9. The monoisotopic (exact) mass is 297 g/mol. The van der Waals surface area contributed by atoms with E-state index < -0.39 is 0 Å². The first-order valence-corrected chi connectivity index (χ1v) is 6.97. The van der Waals surface area contributed by atoms with E-state index in [1.807, 2.05) is 6.07 Å². The average molecular weight is 298 g/mol. The fourth-order valence-corrected chi connectivity index (χ4v) is 2.74. The predicted molar refractivity (Wildman–Crippen MR) is 78.4 cm³/mol. The molecule has 0 aliphatic carbocycles. The number of halogens is 2. The van der Waals surface area contributed by atoms with Gasteiger partial charge in [0.25, 0.3) is 0 Å². The second-order valence-corrected chi connectivity index (χ2v) is 5.36. The summed E-state index contributed by atoms with van der Waals surface area (Å²) >= 11 is 7.44. The van der Waals surface area contributed by atoms with E-state index in [1.165, 1.54) is 18.9 Å². The van der Waals surface area contributed by atoms with E-state index in [-0.39, 0.29) is 11.6 Å². The molecule has 0 aliphatic rings. The standard InChI is InChI=1S/C14H13ClFNOS/c1-18-13-4-2-3-9(14(13)16)8-19-10-5-6-12(17)11(15)7-10/h2-7H,8,17H2,1H3. The Hall–Kier alpha value is -1.39. The Morgan fingerprint density at radius 2 is 2.11 bits per heavy atom. The fourth-order valence-electron chi connectivity index (χ4n) is 1.58. The molecule has 2 aromatic rings. The van der Waals surface area contributed by atoms with Crippen LogP contribution in [-0.4, -0.2) is 7.11 Å². The Balaban J connectivity index is 2.12. The van der Waals surface area contributed by atoms with Crippen LogP contribution < -0.4 is 10.5 Å². The summed E-state index contributed by atoms with van der Waals surface area (Å²) in [6.07, 6.45) is 0. The van der Waals surface area contributed by atoms with Gasteiger partial charge in [0.1, 0.15) is 0 Å². The highest BCUT2D eigenvalue weighted by Gasteiger charge is 2.09. The molecule has 0 heterocycles. The van der Waals surface area contributed by atoms with Crippen molar-refractivity contribution in [2.45, 2.75) is 10.6 Å². The number of thioether (sulfide) groups is 1. The van der Waals surface area contributed by atoms with Gasteiger partial charge in [0.15, 0.2) is 11.6 Å². The summed E-state index contributed by atoms with van der Waals surface area (Å²) in [5.74, 6) is 0.441. The van der Waals surface area contributed by atoms with Gasteiger partial charge in [-0.2, -0.15) is 0 Å². The maximum absolute atomic E-state index is 13.9. The van der Waals surface area contributed by atoms with Crippen molar-refractivity contribution < 1.29 is 9.13 Å². The molecule has 100 valence electrons. The molecule has 5 heteroatoms. The summed E-state index contributed by atoms with van der Waals surface area (Å²) in [7, 11) is 1.45. The van der Waals surface area contributed by atoms with Gasteiger partial charge in [0.2, 0.25) is 0 Å². The molecule has 0 saturated heterocycles. The van der Waals surface area contributed by atoms with Gasteiger partial charge in [0.05, 0.1) is 17.8 Å². The zero-order chi connectivity index (χ0) is 13.8. The van der Waals surface area contributed by atoms with Gasteiger partial charge in [-0.15, -0.1) is 11.8 Å².